The molecule has 0 unspecified atom stereocenters. The van der Waals surface area contributed by atoms with E-state index in [1.165, 1.54) is 30.4 Å². The smallest absolute Gasteiger partial charge is 0.135 e. The highest BCUT2D eigenvalue weighted by atomic mass is 79.9. The van der Waals surface area contributed by atoms with E-state index in [4.69, 9.17) is 0 Å². The molecule has 0 aliphatic carbocycles. The molecule has 9 heavy (non-hydrogen) atoms. The average molecular weight is 258 g/mol. The summed E-state index contributed by atoms with van der Waals surface area (Å²) in [4.78, 5) is 0. The fraction of sp³-hybridized carbons (Fsp3) is 1.00. The quantitative estimate of drug-likeness (QED) is 0.405. The first-order valence-corrected chi connectivity index (χ1v) is 5.54. The predicted octanol–water partition coefficient (Wildman–Crippen LogP) is 2.30. The lowest BCUT2D eigenvalue weighted by Gasteiger charge is -2.29. The number of hydrogen-bond acceptors (Lipinski definition) is 0. The summed E-state index contributed by atoms with van der Waals surface area (Å²) in [5.74, 6) is 0. The molecule has 1 fully saturated rings. The van der Waals surface area contributed by atoms with Crippen LogP contribution in [0.5, 0.6) is 0 Å². The number of quaternary nitrogens is 1. The Balaban J connectivity index is 2.45. The van der Waals surface area contributed by atoms with Crippen LogP contribution in [0.4, 0.5) is 0 Å². The van der Waals surface area contributed by atoms with E-state index >= 15 is 0 Å². The van der Waals surface area contributed by atoms with Crippen LogP contribution < -0.4 is 0 Å². The molecular weight excluding hydrogens is 246 g/mol. The van der Waals surface area contributed by atoms with Crippen LogP contribution in [0.3, 0.4) is 0 Å². The largest absolute Gasteiger partial charge is 0.306 e. The summed E-state index contributed by atoms with van der Waals surface area (Å²) in [5, 5.41) is 0. The number of alkyl halides is 2. The van der Waals surface area contributed by atoms with Crippen molar-refractivity contribution >= 4 is 31.9 Å². The molecule has 1 nitrogen and oxygen atoms in total. The fourth-order valence-electron chi connectivity index (χ4n) is 1.28. The fourth-order valence-corrected chi connectivity index (χ4v) is 3.11. The first kappa shape index (κ1) is 8.02. The molecule has 0 saturated carbocycles. The molecule has 3 heteroatoms. The second-order valence-electron chi connectivity index (χ2n) is 2.74. The van der Waals surface area contributed by atoms with E-state index < -0.39 is 0 Å². The van der Waals surface area contributed by atoms with Gasteiger partial charge in [0.25, 0.3) is 0 Å². The van der Waals surface area contributed by atoms with Gasteiger partial charge in [-0.05, 0) is 31.9 Å². The molecule has 0 amide bonds. The molecule has 0 N–H and O–H groups in total. The molecule has 0 aromatic heterocycles. The Morgan fingerprint density at radius 3 is 1.67 bits per heavy atom. The van der Waals surface area contributed by atoms with Crippen molar-refractivity contribution in [2.24, 2.45) is 0 Å². The first-order valence-electron chi connectivity index (χ1n) is 3.30. The maximum Gasteiger partial charge on any atom is 0.135 e. The molecule has 0 aromatic rings. The van der Waals surface area contributed by atoms with E-state index in [1.54, 1.807) is 0 Å². The Bertz CT molecular complexity index is 83.1. The maximum absolute atomic E-state index is 3.54. The van der Waals surface area contributed by atoms with Gasteiger partial charge in [0, 0.05) is 12.8 Å². The van der Waals surface area contributed by atoms with Crippen molar-refractivity contribution in [2.75, 3.05) is 24.0 Å². The minimum absolute atomic E-state index is 1.11. The molecule has 1 saturated heterocycles. The van der Waals surface area contributed by atoms with Crippen molar-refractivity contribution in [2.45, 2.75) is 12.8 Å². The van der Waals surface area contributed by atoms with Gasteiger partial charge in [-0.2, -0.15) is 0 Å². The Hall–Kier alpha value is 0.920. The normalized spacial score (nSPS) is 24.7. The summed E-state index contributed by atoms with van der Waals surface area (Å²) in [6, 6.07) is 0. The van der Waals surface area contributed by atoms with E-state index in [0.717, 1.165) is 10.9 Å². The lowest BCUT2D eigenvalue weighted by atomic mass is 10.4. The summed E-state index contributed by atoms with van der Waals surface area (Å²) in [6.45, 7) is 2.69. The Morgan fingerprint density at radius 1 is 1.00 bits per heavy atom. The molecule has 0 spiro atoms. The van der Waals surface area contributed by atoms with Gasteiger partial charge in [0.1, 0.15) is 10.9 Å². The predicted molar refractivity (Wildman–Crippen MR) is 46.8 cm³/mol. The number of halogens is 2. The highest BCUT2D eigenvalue weighted by Crippen LogP contribution is 2.21. The monoisotopic (exact) mass is 256 g/mol. The molecule has 1 heterocycles. The van der Waals surface area contributed by atoms with Crippen LogP contribution in [0.1, 0.15) is 12.8 Å². The van der Waals surface area contributed by atoms with Crippen LogP contribution >= 0.6 is 31.9 Å². The van der Waals surface area contributed by atoms with E-state index in [1.807, 2.05) is 0 Å². The standard InChI is InChI=1S/C6H12Br2N/c7-5-9(6-8)3-1-2-4-9/h1-6H2/q+1. The minimum Gasteiger partial charge on any atom is -0.306 e. The second kappa shape index (κ2) is 3.35. The van der Waals surface area contributed by atoms with Crippen LogP contribution in [-0.2, 0) is 0 Å². The third-order valence-electron chi connectivity index (χ3n) is 2.02. The van der Waals surface area contributed by atoms with Gasteiger partial charge in [0.2, 0.25) is 0 Å². The summed E-state index contributed by atoms with van der Waals surface area (Å²) < 4.78 is 1.22. The van der Waals surface area contributed by atoms with Crippen LogP contribution in [-0.4, -0.2) is 28.5 Å². The third-order valence-corrected chi connectivity index (χ3v) is 4.15. The number of rotatable bonds is 2. The number of likely N-dealkylation sites (tertiary alicyclic amines) is 1. The van der Waals surface area contributed by atoms with Gasteiger partial charge < -0.3 is 4.48 Å². The molecule has 1 aliphatic rings. The van der Waals surface area contributed by atoms with Crippen molar-refractivity contribution in [3.8, 4) is 0 Å². The molecular formula is C6H12Br2N+. The van der Waals surface area contributed by atoms with Crippen molar-refractivity contribution in [1.29, 1.82) is 0 Å². The summed E-state index contributed by atoms with van der Waals surface area (Å²) in [6.07, 6.45) is 2.80. The van der Waals surface area contributed by atoms with E-state index in [0.29, 0.717) is 0 Å². The summed E-state index contributed by atoms with van der Waals surface area (Å²) in [5.41, 5.74) is 2.22. The van der Waals surface area contributed by atoms with Crippen molar-refractivity contribution in [3.63, 3.8) is 0 Å². The van der Waals surface area contributed by atoms with Crippen molar-refractivity contribution < 1.29 is 4.48 Å². The van der Waals surface area contributed by atoms with Gasteiger partial charge in [-0.1, -0.05) is 0 Å². The van der Waals surface area contributed by atoms with Crippen LogP contribution in [0.25, 0.3) is 0 Å². The van der Waals surface area contributed by atoms with E-state index in [2.05, 4.69) is 31.9 Å². The topological polar surface area (TPSA) is 0 Å². The molecule has 54 valence electrons. The SMILES string of the molecule is BrC[N+]1(CBr)CCCC1. The lowest BCUT2D eigenvalue weighted by molar-refractivity contribution is -0.889. The summed E-state index contributed by atoms with van der Waals surface area (Å²) in [7, 11) is 0. The van der Waals surface area contributed by atoms with Gasteiger partial charge in [0.15, 0.2) is 0 Å². The number of hydrogen-bond donors (Lipinski definition) is 0. The highest BCUT2D eigenvalue weighted by molar-refractivity contribution is 9.09. The average Bonchev–Trinajstić information content (AvgIpc) is 2.36. The zero-order valence-corrected chi connectivity index (χ0v) is 8.62. The van der Waals surface area contributed by atoms with Gasteiger partial charge in [-0.15, -0.1) is 0 Å². The second-order valence-corrected chi connectivity index (χ2v) is 3.74. The van der Waals surface area contributed by atoms with Crippen LogP contribution in [0.2, 0.25) is 0 Å². The Kier molecular flexibility index (Phi) is 2.99. The van der Waals surface area contributed by atoms with Gasteiger partial charge in [0.05, 0.1) is 13.1 Å². The van der Waals surface area contributed by atoms with Gasteiger partial charge >= 0.3 is 0 Å². The minimum atomic E-state index is 1.11. The van der Waals surface area contributed by atoms with Gasteiger partial charge in [-0.3, -0.25) is 0 Å². The van der Waals surface area contributed by atoms with Gasteiger partial charge in [-0.25, -0.2) is 0 Å². The molecule has 0 radical (unpaired) electrons. The van der Waals surface area contributed by atoms with Crippen LogP contribution in [0, 0.1) is 0 Å². The molecule has 0 bridgehead atoms. The zero-order valence-electron chi connectivity index (χ0n) is 5.45. The van der Waals surface area contributed by atoms with E-state index in [-0.39, 0.29) is 0 Å². The van der Waals surface area contributed by atoms with E-state index in [9.17, 15) is 0 Å². The first-order chi connectivity index (χ1) is 4.33. The van der Waals surface area contributed by atoms with Crippen molar-refractivity contribution in [1.82, 2.24) is 0 Å². The molecule has 0 aromatic carbocycles. The Morgan fingerprint density at radius 2 is 1.44 bits per heavy atom. The van der Waals surface area contributed by atoms with Crippen molar-refractivity contribution in [3.05, 3.63) is 0 Å². The highest BCUT2D eigenvalue weighted by Gasteiger charge is 2.28. The Labute approximate surface area is 73.3 Å². The maximum atomic E-state index is 3.54. The lowest BCUT2D eigenvalue weighted by Crippen LogP contribution is -2.42. The summed E-state index contributed by atoms with van der Waals surface area (Å²) >= 11 is 7.07. The third kappa shape index (κ3) is 1.69. The molecule has 0 atom stereocenters. The molecule has 1 rings (SSSR count). The number of nitrogens with zero attached hydrogens (tertiary/aromatic N) is 1. The van der Waals surface area contributed by atoms with Crippen LogP contribution in [0.15, 0.2) is 0 Å². The zero-order chi connectivity index (χ0) is 6.74. The molecule has 1 aliphatic heterocycles.